The monoisotopic (exact) mass is 251 g/mol. The Morgan fingerprint density at radius 2 is 2.11 bits per heavy atom. The summed E-state index contributed by atoms with van der Waals surface area (Å²) in [7, 11) is 2.00. The molecule has 1 aromatic heterocycles. The maximum absolute atomic E-state index is 5.93. The largest absolute Gasteiger partial charge is 0.367 e. The molecule has 5 heteroatoms. The highest BCUT2D eigenvalue weighted by molar-refractivity contribution is 5.03. The van der Waals surface area contributed by atoms with Crippen molar-refractivity contribution in [1.29, 1.82) is 0 Å². The van der Waals surface area contributed by atoms with Crippen molar-refractivity contribution >= 4 is 0 Å². The highest BCUT2D eigenvalue weighted by atomic mass is 16.5. The van der Waals surface area contributed by atoms with Gasteiger partial charge in [0.1, 0.15) is 6.61 Å². The number of likely N-dealkylation sites (N-methyl/N-ethyl adjacent to an activating group) is 1. The molecule has 0 amide bonds. The van der Waals surface area contributed by atoms with Crippen molar-refractivity contribution in [2.45, 2.75) is 63.2 Å². The van der Waals surface area contributed by atoms with Crippen LogP contribution in [0, 0.1) is 0 Å². The summed E-state index contributed by atoms with van der Waals surface area (Å²) in [6.45, 7) is 0.447. The van der Waals surface area contributed by atoms with Gasteiger partial charge in [0.15, 0.2) is 5.82 Å². The van der Waals surface area contributed by atoms with Crippen molar-refractivity contribution < 1.29 is 9.26 Å². The van der Waals surface area contributed by atoms with Crippen LogP contribution < -0.4 is 5.32 Å². The number of ether oxygens (including phenoxy) is 1. The van der Waals surface area contributed by atoms with Crippen LogP contribution in [0.1, 0.15) is 56.2 Å². The lowest BCUT2D eigenvalue weighted by molar-refractivity contribution is -0.0141. The van der Waals surface area contributed by atoms with Crippen LogP contribution in [-0.2, 0) is 11.3 Å². The zero-order valence-electron chi connectivity index (χ0n) is 10.9. The fraction of sp³-hybridized carbons (Fsp3) is 0.846. The second kappa shape index (κ2) is 5.36. The lowest BCUT2D eigenvalue weighted by Gasteiger charge is -2.30. The van der Waals surface area contributed by atoms with Gasteiger partial charge in [-0.05, 0) is 32.7 Å². The van der Waals surface area contributed by atoms with Gasteiger partial charge in [0.2, 0.25) is 0 Å². The molecular formula is C13H21N3O2. The van der Waals surface area contributed by atoms with E-state index in [1.807, 2.05) is 7.05 Å². The molecule has 2 aliphatic rings. The SMILES string of the molecule is CNC1CCCCC1OCc1nc(C2CC2)no1. The number of aromatic nitrogens is 2. The third-order valence-electron chi connectivity index (χ3n) is 3.92. The van der Waals surface area contributed by atoms with Gasteiger partial charge in [-0.2, -0.15) is 4.98 Å². The van der Waals surface area contributed by atoms with Crippen molar-refractivity contribution in [2.75, 3.05) is 7.05 Å². The maximum Gasteiger partial charge on any atom is 0.252 e. The first-order valence-electron chi connectivity index (χ1n) is 6.98. The molecule has 1 heterocycles. The quantitative estimate of drug-likeness (QED) is 0.867. The lowest BCUT2D eigenvalue weighted by atomic mass is 9.92. The highest BCUT2D eigenvalue weighted by Gasteiger charge is 2.29. The molecule has 0 spiro atoms. The minimum atomic E-state index is 0.278. The van der Waals surface area contributed by atoms with Gasteiger partial charge in [-0.25, -0.2) is 0 Å². The molecule has 2 fully saturated rings. The van der Waals surface area contributed by atoms with E-state index in [9.17, 15) is 0 Å². The first-order chi connectivity index (χ1) is 8.86. The average molecular weight is 251 g/mol. The Labute approximate surface area is 107 Å². The van der Waals surface area contributed by atoms with Gasteiger partial charge in [-0.15, -0.1) is 0 Å². The van der Waals surface area contributed by atoms with Gasteiger partial charge >= 0.3 is 0 Å². The predicted molar refractivity (Wildman–Crippen MR) is 66.2 cm³/mol. The summed E-state index contributed by atoms with van der Waals surface area (Å²) in [5, 5.41) is 7.33. The molecule has 18 heavy (non-hydrogen) atoms. The van der Waals surface area contributed by atoms with Crippen molar-refractivity contribution in [3.05, 3.63) is 11.7 Å². The van der Waals surface area contributed by atoms with Crippen LogP contribution in [0.25, 0.3) is 0 Å². The van der Waals surface area contributed by atoms with Crippen molar-refractivity contribution in [3.63, 3.8) is 0 Å². The Morgan fingerprint density at radius 3 is 2.89 bits per heavy atom. The molecule has 0 radical (unpaired) electrons. The third-order valence-corrected chi connectivity index (χ3v) is 3.92. The zero-order valence-corrected chi connectivity index (χ0v) is 10.9. The van der Waals surface area contributed by atoms with Crippen molar-refractivity contribution in [2.24, 2.45) is 0 Å². The van der Waals surface area contributed by atoms with Crippen LogP contribution in [0.4, 0.5) is 0 Å². The van der Waals surface area contributed by atoms with E-state index in [4.69, 9.17) is 9.26 Å². The fourth-order valence-electron chi connectivity index (χ4n) is 2.64. The normalized spacial score (nSPS) is 28.5. The molecule has 2 saturated carbocycles. The van der Waals surface area contributed by atoms with E-state index < -0.39 is 0 Å². The van der Waals surface area contributed by atoms with E-state index in [0.29, 0.717) is 24.5 Å². The third kappa shape index (κ3) is 2.72. The molecule has 0 aromatic carbocycles. The average Bonchev–Trinajstić information content (AvgIpc) is 3.16. The first kappa shape index (κ1) is 12.1. The van der Waals surface area contributed by atoms with E-state index in [1.54, 1.807) is 0 Å². The number of hydrogen-bond acceptors (Lipinski definition) is 5. The molecule has 0 saturated heterocycles. The molecule has 2 atom stereocenters. The van der Waals surface area contributed by atoms with E-state index in [2.05, 4.69) is 15.5 Å². The topological polar surface area (TPSA) is 60.2 Å². The van der Waals surface area contributed by atoms with E-state index in [-0.39, 0.29) is 6.10 Å². The van der Waals surface area contributed by atoms with Gasteiger partial charge in [0.05, 0.1) is 6.10 Å². The van der Waals surface area contributed by atoms with Gasteiger partial charge in [-0.1, -0.05) is 18.0 Å². The Hall–Kier alpha value is -0.940. The molecule has 3 rings (SSSR count). The maximum atomic E-state index is 5.93. The smallest absolute Gasteiger partial charge is 0.252 e. The number of hydrogen-bond donors (Lipinski definition) is 1. The molecule has 100 valence electrons. The molecule has 1 N–H and O–H groups in total. The summed E-state index contributed by atoms with van der Waals surface area (Å²) in [5.74, 6) is 2.03. The summed E-state index contributed by atoms with van der Waals surface area (Å²) in [6, 6.07) is 0.463. The lowest BCUT2D eigenvalue weighted by Crippen LogP contribution is -2.41. The summed E-state index contributed by atoms with van der Waals surface area (Å²) in [5.41, 5.74) is 0. The Morgan fingerprint density at radius 1 is 1.28 bits per heavy atom. The zero-order chi connectivity index (χ0) is 12.4. The fourth-order valence-corrected chi connectivity index (χ4v) is 2.64. The van der Waals surface area contributed by atoms with Crippen LogP contribution >= 0.6 is 0 Å². The van der Waals surface area contributed by atoms with Crippen LogP contribution in [-0.4, -0.2) is 29.3 Å². The van der Waals surface area contributed by atoms with Crippen molar-refractivity contribution in [1.82, 2.24) is 15.5 Å². The molecule has 5 nitrogen and oxygen atoms in total. The van der Waals surface area contributed by atoms with Crippen LogP contribution in [0.5, 0.6) is 0 Å². The Bertz CT molecular complexity index is 389. The van der Waals surface area contributed by atoms with Gasteiger partial charge in [0, 0.05) is 12.0 Å². The van der Waals surface area contributed by atoms with E-state index in [1.165, 1.54) is 32.1 Å². The van der Waals surface area contributed by atoms with Crippen LogP contribution in [0.2, 0.25) is 0 Å². The number of nitrogens with zero attached hydrogens (tertiary/aromatic N) is 2. The molecule has 0 bridgehead atoms. The summed E-state index contributed by atoms with van der Waals surface area (Å²) in [6.07, 6.45) is 7.53. The minimum Gasteiger partial charge on any atom is -0.367 e. The molecule has 1 aromatic rings. The summed E-state index contributed by atoms with van der Waals surface area (Å²) >= 11 is 0. The first-order valence-corrected chi connectivity index (χ1v) is 6.98. The molecule has 0 aliphatic heterocycles. The highest BCUT2D eigenvalue weighted by Crippen LogP contribution is 2.38. The standard InChI is InChI=1S/C13H21N3O2/c1-14-10-4-2-3-5-11(10)17-8-12-15-13(16-18-12)9-6-7-9/h9-11,14H,2-8H2,1H3. The minimum absolute atomic E-state index is 0.278. The predicted octanol–water partition coefficient (Wildman–Crippen LogP) is 1.99. The Kier molecular flexibility index (Phi) is 3.61. The van der Waals surface area contributed by atoms with Crippen LogP contribution in [0.15, 0.2) is 4.52 Å². The van der Waals surface area contributed by atoms with Gasteiger partial charge in [-0.3, -0.25) is 0 Å². The molecule has 2 unspecified atom stereocenters. The van der Waals surface area contributed by atoms with E-state index in [0.717, 1.165) is 12.2 Å². The van der Waals surface area contributed by atoms with Gasteiger partial charge < -0.3 is 14.6 Å². The summed E-state index contributed by atoms with van der Waals surface area (Å²) in [4.78, 5) is 4.38. The van der Waals surface area contributed by atoms with Crippen LogP contribution in [0.3, 0.4) is 0 Å². The Balaban J connectivity index is 1.52. The van der Waals surface area contributed by atoms with Gasteiger partial charge in [0.25, 0.3) is 5.89 Å². The molecular weight excluding hydrogens is 230 g/mol. The molecule has 2 aliphatic carbocycles. The second-order valence-electron chi connectivity index (χ2n) is 5.35. The second-order valence-corrected chi connectivity index (χ2v) is 5.35. The van der Waals surface area contributed by atoms with E-state index >= 15 is 0 Å². The number of nitrogens with one attached hydrogen (secondary N) is 1. The van der Waals surface area contributed by atoms with Crippen molar-refractivity contribution in [3.8, 4) is 0 Å². The number of rotatable bonds is 5. The summed E-state index contributed by atoms with van der Waals surface area (Å²) < 4.78 is 11.1.